The van der Waals surface area contributed by atoms with E-state index in [9.17, 15) is 9.18 Å². The Morgan fingerprint density at radius 3 is 2.95 bits per heavy atom. The first-order chi connectivity index (χ1) is 10.1. The molecule has 0 aromatic heterocycles. The summed E-state index contributed by atoms with van der Waals surface area (Å²) in [6.07, 6.45) is 2.38. The highest BCUT2D eigenvalue weighted by molar-refractivity contribution is 5.85. The zero-order chi connectivity index (χ0) is 15.2. The van der Waals surface area contributed by atoms with Crippen LogP contribution in [0.25, 0.3) is 0 Å². The van der Waals surface area contributed by atoms with Crippen LogP contribution in [0.1, 0.15) is 25.3 Å². The number of hydrogen-bond acceptors (Lipinski definition) is 2. The van der Waals surface area contributed by atoms with Gasteiger partial charge in [-0.2, -0.15) is 0 Å². The Labute approximate surface area is 138 Å². The Hall–Kier alpha value is -1.13. The van der Waals surface area contributed by atoms with Crippen LogP contribution in [0.2, 0.25) is 0 Å². The highest BCUT2D eigenvalue weighted by Gasteiger charge is 2.26. The molecule has 1 amide bonds. The van der Waals surface area contributed by atoms with Crippen molar-refractivity contribution in [2.75, 3.05) is 26.7 Å². The Morgan fingerprint density at radius 1 is 1.50 bits per heavy atom. The molecule has 1 aliphatic heterocycles. The average Bonchev–Trinajstić information content (AvgIpc) is 2.87. The van der Waals surface area contributed by atoms with Gasteiger partial charge >= 0.3 is 0 Å². The van der Waals surface area contributed by atoms with Gasteiger partial charge in [0.2, 0.25) is 5.91 Å². The topological polar surface area (TPSA) is 32.3 Å². The van der Waals surface area contributed by atoms with E-state index in [0.717, 1.165) is 38.0 Å². The number of carbonyl (C=O) groups excluding carboxylic acids is 1. The van der Waals surface area contributed by atoms with Gasteiger partial charge in [0.15, 0.2) is 0 Å². The van der Waals surface area contributed by atoms with Gasteiger partial charge in [-0.3, -0.25) is 4.79 Å². The molecule has 2 atom stereocenters. The zero-order valence-electron chi connectivity index (χ0n) is 13.3. The second kappa shape index (κ2) is 9.11. The van der Waals surface area contributed by atoms with Gasteiger partial charge in [0.05, 0.1) is 0 Å². The summed E-state index contributed by atoms with van der Waals surface area (Å²) < 4.78 is 13.2. The van der Waals surface area contributed by atoms with E-state index >= 15 is 0 Å². The molecule has 1 aromatic carbocycles. The van der Waals surface area contributed by atoms with Crippen molar-refractivity contribution in [1.29, 1.82) is 0 Å². The maximum Gasteiger partial charge on any atom is 0.222 e. The maximum absolute atomic E-state index is 13.2. The lowest BCUT2D eigenvalue weighted by Crippen LogP contribution is -2.31. The average molecular weight is 329 g/mol. The minimum absolute atomic E-state index is 0. The van der Waals surface area contributed by atoms with Crippen LogP contribution in [0.15, 0.2) is 24.3 Å². The Bertz CT molecular complexity index is 483. The molecule has 1 aliphatic rings. The molecule has 0 saturated carbocycles. The summed E-state index contributed by atoms with van der Waals surface area (Å²) in [5, 5.41) is 3.17. The van der Waals surface area contributed by atoms with Gasteiger partial charge in [-0.15, -0.1) is 12.4 Å². The minimum atomic E-state index is -0.208. The summed E-state index contributed by atoms with van der Waals surface area (Å²) >= 11 is 0. The largest absolute Gasteiger partial charge is 0.342 e. The third-order valence-corrected chi connectivity index (χ3v) is 4.13. The van der Waals surface area contributed by atoms with Crippen molar-refractivity contribution in [3.05, 3.63) is 35.6 Å². The van der Waals surface area contributed by atoms with Crippen LogP contribution in [0.5, 0.6) is 0 Å². The molecule has 1 heterocycles. The van der Waals surface area contributed by atoms with E-state index in [4.69, 9.17) is 0 Å². The van der Waals surface area contributed by atoms with Crippen LogP contribution < -0.4 is 5.32 Å². The number of amides is 1. The normalized spacial score (nSPS) is 18.9. The standard InChI is InChI=1S/C17H25FN2O.ClH/c1-13(8-14-4-3-5-16(18)10-14)9-17(21)20-7-6-15(12-20)11-19-2;/h3-5,10,13,15,19H,6-9,11-12H2,1-2H3;1H. The fourth-order valence-electron chi connectivity index (χ4n) is 3.08. The number of rotatable bonds is 6. The highest BCUT2D eigenvalue weighted by atomic mass is 35.5. The van der Waals surface area contributed by atoms with Crippen LogP contribution in [0, 0.1) is 17.7 Å². The van der Waals surface area contributed by atoms with Crippen molar-refractivity contribution in [3.8, 4) is 0 Å². The number of benzene rings is 1. The minimum Gasteiger partial charge on any atom is -0.342 e. The SMILES string of the molecule is CNCC1CCN(C(=O)CC(C)Cc2cccc(F)c2)C1.Cl. The summed E-state index contributed by atoms with van der Waals surface area (Å²) in [4.78, 5) is 14.3. The van der Waals surface area contributed by atoms with E-state index in [1.807, 2.05) is 18.0 Å². The van der Waals surface area contributed by atoms with Crippen molar-refractivity contribution < 1.29 is 9.18 Å². The Morgan fingerprint density at radius 2 is 2.27 bits per heavy atom. The van der Waals surface area contributed by atoms with Crippen molar-refractivity contribution in [2.45, 2.75) is 26.2 Å². The number of nitrogens with zero attached hydrogens (tertiary/aromatic N) is 1. The monoisotopic (exact) mass is 328 g/mol. The quantitative estimate of drug-likeness (QED) is 0.871. The molecule has 0 radical (unpaired) electrons. The summed E-state index contributed by atoms with van der Waals surface area (Å²) in [7, 11) is 1.95. The van der Waals surface area contributed by atoms with Gasteiger partial charge in [-0.25, -0.2) is 4.39 Å². The molecule has 2 rings (SSSR count). The molecule has 1 N–H and O–H groups in total. The van der Waals surface area contributed by atoms with E-state index in [2.05, 4.69) is 12.2 Å². The van der Waals surface area contributed by atoms with E-state index in [1.165, 1.54) is 6.07 Å². The van der Waals surface area contributed by atoms with Gasteiger partial charge < -0.3 is 10.2 Å². The molecule has 3 nitrogen and oxygen atoms in total. The maximum atomic E-state index is 13.2. The molecule has 22 heavy (non-hydrogen) atoms. The zero-order valence-corrected chi connectivity index (χ0v) is 14.2. The summed E-state index contributed by atoms with van der Waals surface area (Å²) in [5.74, 6) is 0.845. The summed E-state index contributed by atoms with van der Waals surface area (Å²) in [6.45, 7) is 4.77. The molecule has 0 aliphatic carbocycles. The second-order valence-corrected chi connectivity index (χ2v) is 6.20. The van der Waals surface area contributed by atoms with Crippen LogP contribution in [-0.4, -0.2) is 37.5 Å². The first kappa shape index (κ1) is 18.9. The molecular formula is C17H26ClFN2O. The molecule has 0 bridgehead atoms. The predicted octanol–water partition coefficient (Wildman–Crippen LogP) is 2.88. The molecule has 1 fully saturated rings. The number of carbonyl (C=O) groups is 1. The fraction of sp³-hybridized carbons (Fsp3) is 0.588. The van der Waals surface area contributed by atoms with Crippen molar-refractivity contribution in [3.63, 3.8) is 0 Å². The van der Waals surface area contributed by atoms with Gasteiger partial charge in [-0.1, -0.05) is 19.1 Å². The highest BCUT2D eigenvalue weighted by Crippen LogP contribution is 2.19. The number of hydrogen-bond donors (Lipinski definition) is 1. The van der Waals surface area contributed by atoms with Crippen molar-refractivity contribution >= 4 is 18.3 Å². The molecule has 124 valence electrons. The fourth-order valence-corrected chi connectivity index (χ4v) is 3.08. The van der Waals surface area contributed by atoms with Crippen molar-refractivity contribution in [1.82, 2.24) is 10.2 Å². The molecule has 2 unspecified atom stereocenters. The molecule has 5 heteroatoms. The van der Waals surface area contributed by atoms with Gasteiger partial charge in [-0.05, 0) is 56.0 Å². The smallest absolute Gasteiger partial charge is 0.222 e. The van der Waals surface area contributed by atoms with Crippen molar-refractivity contribution in [2.24, 2.45) is 11.8 Å². The third kappa shape index (κ3) is 5.58. The molecule has 1 aromatic rings. The lowest BCUT2D eigenvalue weighted by Gasteiger charge is -2.19. The lowest BCUT2D eigenvalue weighted by molar-refractivity contribution is -0.131. The number of halogens is 2. The number of nitrogens with one attached hydrogen (secondary N) is 1. The first-order valence-electron chi connectivity index (χ1n) is 7.75. The van der Waals surface area contributed by atoms with E-state index in [0.29, 0.717) is 12.3 Å². The third-order valence-electron chi connectivity index (χ3n) is 4.13. The lowest BCUT2D eigenvalue weighted by atomic mass is 9.97. The Kier molecular flexibility index (Phi) is 7.83. The summed E-state index contributed by atoms with van der Waals surface area (Å²) in [6, 6.07) is 6.65. The van der Waals surface area contributed by atoms with Gasteiger partial charge in [0.1, 0.15) is 5.82 Å². The van der Waals surface area contributed by atoms with Gasteiger partial charge in [0, 0.05) is 19.5 Å². The molecular weight excluding hydrogens is 303 g/mol. The second-order valence-electron chi connectivity index (χ2n) is 6.20. The van der Waals surface area contributed by atoms with Crippen LogP contribution >= 0.6 is 12.4 Å². The first-order valence-corrected chi connectivity index (χ1v) is 7.75. The van der Waals surface area contributed by atoms with Crippen LogP contribution in [-0.2, 0) is 11.2 Å². The van der Waals surface area contributed by atoms with E-state index < -0.39 is 0 Å². The predicted molar refractivity (Wildman–Crippen MR) is 89.7 cm³/mol. The van der Waals surface area contributed by atoms with Crippen LogP contribution in [0.3, 0.4) is 0 Å². The Balaban J connectivity index is 0.00000242. The summed E-state index contributed by atoms with van der Waals surface area (Å²) in [5.41, 5.74) is 0.963. The molecule has 1 saturated heterocycles. The molecule has 0 spiro atoms. The van der Waals surface area contributed by atoms with Gasteiger partial charge in [0.25, 0.3) is 0 Å². The van der Waals surface area contributed by atoms with Crippen LogP contribution in [0.4, 0.5) is 4.39 Å². The number of likely N-dealkylation sites (tertiary alicyclic amines) is 1. The van der Waals surface area contributed by atoms with E-state index in [1.54, 1.807) is 12.1 Å². The van der Waals surface area contributed by atoms with E-state index in [-0.39, 0.29) is 30.0 Å².